The van der Waals surface area contributed by atoms with Gasteiger partial charge in [0, 0.05) is 21.7 Å². The molecule has 0 heterocycles. The Balaban J connectivity index is 1.85. The molecule has 0 N–H and O–H groups in total. The van der Waals surface area contributed by atoms with Crippen molar-refractivity contribution in [3.63, 3.8) is 0 Å². The topological polar surface area (TPSA) is 36.9 Å². The molecule has 54 heavy (non-hydrogen) atoms. The number of rotatable bonds is 11. The predicted octanol–water partition coefficient (Wildman–Crippen LogP) is 9.37. The van der Waals surface area contributed by atoms with Crippen molar-refractivity contribution < 1.29 is 18.9 Å². The molecule has 6 heteroatoms. The summed E-state index contributed by atoms with van der Waals surface area (Å²) >= 11 is 0. The second kappa shape index (κ2) is 16.4. The van der Waals surface area contributed by atoms with E-state index in [1.165, 1.54) is 65.7 Å². The van der Waals surface area contributed by atoms with Crippen LogP contribution in [0.1, 0.15) is 44.5 Å². The maximum Gasteiger partial charge on any atom is 0.128 e. The van der Waals surface area contributed by atoms with Gasteiger partial charge in [0.25, 0.3) is 0 Å². The highest BCUT2D eigenvalue weighted by Crippen LogP contribution is 2.51. The molecule has 0 aromatic heterocycles. The fraction of sp³-hybridized carbons (Fsp3) is 0.250. The fourth-order valence-electron chi connectivity index (χ4n) is 7.84. The molecule has 0 aliphatic heterocycles. The second-order valence-electron chi connectivity index (χ2n) is 14.4. The van der Waals surface area contributed by atoms with Crippen LogP contribution < -0.4 is 50.8 Å². The zero-order valence-electron chi connectivity index (χ0n) is 33.8. The minimum atomic E-state index is -1.19. The smallest absolute Gasteiger partial charge is 0.128 e. The maximum absolute atomic E-state index is 6.42. The van der Waals surface area contributed by atoms with Gasteiger partial charge in [-0.25, -0.2) is 0 Å². The van der Waals surface area contributed by atoms with E-state index in [9.17, 15) is 0 Å². The van der Waals surface area contributed by atoms with Gasteiger partial charge in [0.1, 0.15) is 23.0 Å². The van der Waals surface area contributed by atoms with E-state index in [-0.39, 0.29) is 0 Å². The fourth-order valence-corrected chi connectivity index (χ4v) is 13.8. The number of hydrogen-bond donors (Lipinski definition) is 0. The van der Waals surface area contributed by atoms with Gasteiger partial charge in [0.15, 0.2) is 0 Å². The van der Waals surface area contributed by atoms with Gasteiger partial charge in [-0.15, -0.1) is 0 Å². The number of hydrogen-bond acceptors (Lipinski definition) is 4. The van der Waals surface area contributed by atoms with Crippen LogP contribution in [0.3, 0.4) is 0 Å². The first-order valence-electron chi connectivity index (χ1n) is 18.3. The van der Waals surface area contributed by atoms with Crippen molar-refractivity contribution in [2.24, 2.45) is 0 Å². The summed E-state index contributed by atoms with van der Waals surface area (Å²) in [5.74, 6) is 3.09. The quantitative estimate of drug-likeness (QED) is 0.124. The molecule has 0 saturated carbocycles. The average Bonchev–Trinajstić information content (AvgIpc) is 3.10. The molecule has 0 fully saturated rings. The summed E-state index contributed by atoms with van der Waals surface area (Å²) in [5, 5.41) is 7.13. The van der Waals surface area contributed by atoms with Gasteiger partial charge in [-0.2, -0.15) is 0 Å². The average molecular weight is 755 g/mol. The molecular formula is C48H52O4P2. The van der Waals surface area contributed by atoms with Gasteiger partial charge in [-0.3, -0.25) is 0 Å². The molecule has 0 saturated heterocycles. The summed E-state index contributed by atoms with van der Waals surface area (Å²) in [4.78, 5) is 0. The van der Waals surface area contributed by atoms with Crippen molar-refractivity contribution in [3.05, 3.63) is 142 Å². The molecule has 6 aromatic carbocycles. The van der Waals surface area contributed by atoms with Crippen LogP contribution in [0.4, 0.5) is 0 Å². The van der Waals surface area contributed by atoms with E-state index in [1.54, 1.807) is 28.4 Å². The van der Waals surface area contributed by atoms with Crippen molar-refractivity contribution in [3.8, 4) is 34.1 Å². The summed E-state index contributed by atoms with van der Waals surface area (Å²) < 4.78 is 25.7. The Kier molecular flexibility index (Phi) is 11.9. The Morgan fingerprint density at radius 3 is 0.704 bits per heavy atom. The highest BCUT2D eigenvalue weighted by atomic mass is 31.1. The third-order valence-corrected chi connectivity index (χ3v) is 14.5. The van der Waals surface area contributed by atoms with Crippen LogP contribution in [0, 0.1) is 55.4 Å². The van der Waals surface area contributed by atoms with Crippen molar-refractivity contribution in [1.29, 1.82) is 0 Å². The largest absolute Gasteiger partial charge is 0.496 e. The van der Waals surface area contributed by atoms with E-state index >= 15 is 0 Å². The second-order valence-corrected chi connectivity index (χ2v) is 18.7. The van der Waals surface area contributed by atoms with E-state index in [4.69, 9.17) is 18.9 Å². The SMILES string of the molecule is COc1ccc(OC)c(P(c2cc(C)cc(C)c2)c2cc(C)cc(C)c2)c1-c1c(OC)ccc(OC)c1P(c1cc(C)cc(C)c1)c1cc(C)cc(C)c1. The summed E-state index contributed by atoms with van der Waals surface area (Å²) in [7, 11) is 4.68. The van der Waals surface area contributed by atoms with Crippen molar-refractivity contribution in [2.45, 2.75) is 55.4 Å². The third kappa shape index (κ3) is 7.93. The van der Waals surface area contributed by atoms with E-state index in [0.717, 1.165) is 44.7 Å². The van der Waals surface area contributed by atoms with E-state index in [2.05, 4.69) is 140 Å². The summed E-state index contributed by atoms with van der Waals surface area (Å²) in [6, 6.07) is 35.8. The predicted molar refractivity (Wildman–Crippen MR) is 233 cm³/mol. The van der Waals surface area contributed by atoms with Crippen LogP contribution >= 0.6 is 15.8 Å². The van der Waals surface area contributed by atoms with Crippen LogP contribution in [0.25, 0.3) is 11.1 Å². The normalized spacial score (nSPS) is 11.3. The Hall–Kier alpha value is -4.62. The Morgan fingerprint density at radius 1 is 0.296 bits per heavy atom. The first kappa shape index (κ1) is 39.1. The first-order valence-corrected chi connectivity index (χ1v) is 21.0. The lowest BCUT2D eigenvalue weighted by Crippen LogP contribution is -2.29. The summed E-state index contributed by atoms with van der Waals surface area (Å²) in [6.07, 6.45) is 0. The van der Waals surface area contributed by atoms with E-state index < -0.39 is 15.8 Å². The Bertz CT molecular complexity index is 2000. The molecule has 4 nitrogen and oxygen atoms in total. The van der Waals surface area contributed by atoms with Gasteiger partial charge in [0.05, 0.1) is 28.4 Å². The molecule has 278 valence electrons. The standard InChI is InChI=1S/C48H52O4P2/c1-29-17-30(2)22-37(21-29)53(38-23-31(3)18-32(4)24-38)47-43(51-11)15-13-41(49-9)45(47)46-42(50-10)14-16-44(52-12)48(46)54(39-25-33(5)19-34(6)26-39)40-27-35(7)20-36(8)28-40/h13-28H,1-12H3. The number of ether oxygens (including phenoxy) is 4. The zero-order valence-corrected chi connectivity index (χ0v) is 35.6. The molecule has 0 bridgehead atoms. The van der Waals surface area contributed by atoms with Crippen molar-refractivity contribution >= 4 is 47.7 Å². The maximum atomic E-state index is 6.42. The zero-order chi connectivity index (χ0) is 38.8. The third-order valence-electron chi connectivity index (χ3n) is 9.64. The van der Waals surface area contributed by atoms with Gasteiger partial charge in [-0.05, 0) is 117 Å². The van der Waals surface area contributed by atoms with Crippen molar-refractivity contribution in [2.75, 3.05) is 28.4 Å². The van der Waals surface area contributed by atoms with Gasteiger partial charge >= 0.3 is 0 Å². The summed E-state index contributed by atoms with van der Waals surface area (Å²) in [6.45, 7) is 17.4. The molecule has 0 amide bonds. The van der Waals surface area contributed by atoms with Crippen LogP contribution in [-0.2, 0) is 0 Å². The lowest BCUT2D eigenvalue weighted by molar-refractivity contribution is 0.402. The van der Waals surface area contributed by atoms with Crippen molar-refractivity contribution in [1.82, 2.24) is 0 Å². The molecule has 6 aromatic rings. The number of aryl methyl sites for hydroxylation is 8. The highest BCUT2D eigenvalue weighted by Gasteiger charge is 2.34. The van der Waals surface area contributed by atoms with Crippen LogP contribution in [0.5, 0.6) is 23.0 Å². The number of benzene rings is 6. The molecule has 6 rings (SSSR count). The molecule has 0 aliphatic carbocycles. The summed E-state index contributed by atoms with van der Waals surface area (Å²) in [5.41, 5.74) is 11.7. The van der Waals surface area contributed by atoms with Crippen LogP contribution in [-0.4, -0.2) is 28.4 Å². The molecular weight excluding hydrogens is 702 g/mol. The monoisotopic (exact) mass is 754 g/mol. The minimum absolute atomic E-state index is 0.746. The first-order chi connectivity index (χ1) is 25.8. The number of methoxy groups -OCH3 is 4. The lowest BCUT2D eigenvalue weighted by atomic mass is 10.0. The molecule has 0 atom stereocenters. The molecule has 0 spiro atoms. The minimum Gasteiger partial charge on any atom is -0.496 e. The van der Waals surface area contributed by atoms with Gasteiger partial charge < -0.3 is 18.9 Å². The molecule has 0 radical (unpaired) electrons. The lowest BCUT2D eigenvalue weighted by Gasteiger charge is -2.31. The van der Waals surface area contributed by atoms with Crippen LogP contribution in [0.2, 0.25) is 0 Å². The van der Waals surface area contributed by atoms with Gasteiger partial charge in [0.2, 0.25) is 0 Å². The highest BCUT2D eigenvalue weighted by molar-refractivity contribution is 7.81. The Labute approximate surface area is 325 Å². The van der Waals surface area contributed by atoms with E-state index in [1.807, 2.05) is 12.1 Å². The molecule has 0 unspecified atom stereocenters. The van der Waals surface area contributed by atoms with Crippen LogP contribution in [0.15, 0.2) is 97.1 Å². The molecule has 0 aliphatic rings. The van der Waals surface area contributed by atoms with E-state index in [0.29, 0.717) is 0 Å². The Morgan fingerprint density at radius 2 is 0.500 bits per heavy atom. The van der Waals surface area contributed by atoms with Gasteiger partial charge in [-0.1, -0.05) is 117 Å².